The van der Waals surface area contributed by atoms with Gasteiger partial charge in [-0.1, -0.05) is 44.2 Å². The normalized spacial score (nSPS) is 12.8. The van der Waals surface area contributed by atoms with Crippen LogP contribution >= 0.6 is 0 Å². The van der Waals surface area contributed by atoms with Gasteiger partial charge in [-0.15, -0.1) is 0 Å². The molecule has 1 heterocycles. The largest absolute Gasteiger partial charge is 0.378 e. The summed E-state index contributed by atoms with van der Waals surface area (Å²) in [6, 6.07) is 17.2. The molecule has 0 aliphatic rings. The summed E-state index contributed by atoms with van der Waals surface area (Å²) in [5.41, 5.74) is 3.49. The van der Waals surface area contributed by atoms with E-state index in [1.54, 1.807) is 0 Å². The van der Waals surface area contributed by atoms with Gasteiger partial charge in [-0.05, 0) is 29.7 Å². The maximum Gasteiger partial charge on any atom is 0.0670 e. The number of hydrogen-bond acceptors (Lipinski definition) is 2. The fourth-order valence-corrected chi connectivity index (χ4v) is 2.50. The van der Waals surface area contributed by atoms with Crippen LogP contribution in [-0.2, 0) is 0 Å². The monoisotopic (exact) mass is 265 g/mol. The summed E-state index contributed by atoms with van der Waals surface area (Å²) >= 11 is 0. The van der Waals surface area contributed by atoms with Gasteiger partial charge < -0.3 is 5.32 Å². The van der Waals surface area contributed by atoms with E-state index in [1.807, 2.05) is 6.20 Å². The second-order valence-electron chi connectivity index (χ2n) is 5.45. The predicted octanol–water partition coefficient (Wildman–Crippen LogP) is 4.37. The molecule has 1 unspecified atom stereocenters. The van der Waals surface area contributed by atoms with Gasteiger partial charge in [0.15, 0.2) is 0 Å². The van der Waals surface area contributed by atoms with Crippen molar-refractivity contribution in [2.24, 2.45) is 5.92 Å². The van der Waals surface area contributed by atoms with E-state index in [0.717, 1.165) is 16.6 Å². The van der Waals surface area contributed by atoms with E-state index in [9.17, 15) is 0 Å². The van der Waals surface area contributed by atoms with Gasteiger partial charge in [0.1, 0.15) is 0 Å². The lowest BCUT2D eigenvalue weighted by Gasteiger charge is -2.24. The lowest BCUT2D eigenvalue weighted by Crippen LogP contribution is -2.16. The van der Waals surface area contributed by atoms with E-state index < -0.39 is 0 Å². The fraction of sp³-hybridized carbons (Fsp3) is 0.235. The van der Waals surface area contributed by atoms with Crippen molar-refractivity contribution in [2.75, 3.05) is 5.32 Å². The van der Waals surface area contributed by atoms with Crippen LogP contribution in [0.3, 0.4) is 0 Å². The van der Waals surface area contributed by atoms with Crippen molar-refractivity contribution in [3.8, 4) is 0 Å². The minimum Gasteiger partial charge on any atom is -0.378 e. The van der Waals surface area contributed by atoms with Gasteiger partial charge >= 0.3 is 0 Å². The Labute approximate surface area is 119 Å². The highest BCUT2D eigenvalue weighted by molar-refractivity contribution is 5.81. The highest BCUT2D eigenvalue weighted by Gasteiger charge is 2.15. The van der Waals surface area contributed by atoms with E-state index in [2.05, 4.69) is 77.9 Å². The Balaban J connectivity index is 1.89. The zero-order valence-electron chi connectivity index (χ0n) is 11.8. The zero-order valence-corrected chi connectivity index (χ0v) is 11.8. The second kappa shape index (κ2) is 5.37. The second-order valence-corrected chi connectivity index (χ2v) is 5.45. The van der Waals surface area contributed by atoms with Gasteiger partial charge in [0.2, 0.25) is 0 Å². The lowest BCUT2D eigenvalue weighted by atomic mass is 9.96. The third-order valence-electron chi connectivity index (χ3n) is 3.59. The summed E-state index contributed by atoms with van der Waals surface area (Å²) in [6.07, 6.45) is 1.84. The highest BCUT2D eigenvalue weighted by Crippen LogP contribution is 2.27. The molecule has 3 nitrogen and oxygen atoms in total. The number of hydrogen-bond donors (Lipinski definition) is 2. The average Bonchev–Trinajstić information content (AvgIpc) is 2.93. The van der Waals surface area contributed by atoms with Crippen LogP contribution in [0.15, 0.2) is 54.7 Å². The van der Waals surface area contributed by atoms with Crippen molar-refractivity contribution in [1.29, 1.82) is 0 Å². The Bertz CT molecular complexity index is 686. The smallest absolute Gasteiger partial charge is 0.0670 e. The van der Waals surface area contributed by atoms with Gasteiger partial charge in [0, 0.05) is 11.1 Å². The molecule has 0 bridgehead atoms. The van der Waals surface area contributed by atoms with E-state index in [-0.39, 0.29) is 0 Å². The predicted molar refractivity (Wildman–Crippen MR) is 83.7 cm³/mol. The Morgan fingerprint density at radius 3 is 2.60 bits per heavy atom. The molecule has 0 aliphatic heterocycles. The molecule has 2 aromatic carbocycles. The maximum absolute atomic E-state index is 4.06. The molecule has 2 N–H and O–H groups in total. The molecule has 0 saturated heterocycles. The molecule has 20 heavy (non-hydrogen) atoms. The number of rotatable bonds is 4. The number of aromatic nitrogens is 2. The van der Waals surface area contributed by atoms with E-state index in [0.29, 0.717) is 12.0 Å². The van der Waals surface area contributed by atoms with Crippen LogP contribution < -0.4 is 5.32 Å². The standard InChI is InChI=1S/C17H19N3/c1-12(2)17(13-6-4-3-5-7-13)19-15-9-8-14-11-18-20-16(14)10-15/h3-12,17,19H,1-2H3,(H,18,20). The molecule has 1 atom stereocenters. The zero-order chi connectivity index (χ0) is 13.9. The fourth-order valence-electron chi connectivity index (χ4n) is 2.50. The van der Waals surface area contributed by atoms with Gasteiger partial charge in [-0.25, -0.2) is 0 Å². The number of fused-ring (bicyclic) bond motifs is 1. The van der Waals surface area contributed by atoms with Crippen molar-refractivity contribution in [1.82, 2.24) is 10.2 Å². The first-order chi connectivity index (χ1) is 9.74. The van der Waals surface area contributed by atoms with Crippen molar-refractivity contribution < 1.29 is 0 Å². The van der Waals surface area contributed by atoms with Gasteiger partial charge in [-0.3, -0.25) is 5.10 Å². The van der Waals surface area contributed by atoms with Gasteiger partial charge in [-0.2, -0.15) is 5.10 Å². The number of anilines is 1. The summed E-state index contributed by atoms with van der Waals surface area (Å²) in [7, 11) is 0. The molecule has 0 amide bonds. The molecule has 0 saturated carbocycles. The third kappa shape index (κ3) is 2.52. The first kappa shape index (κ1) is 12.7. The molecule has 3 rings (SSSR count). The first-order valence-corrected chi connectivity index (χ1v) is 6.98. The van der Waals surface area contributed by atoms with Crippen LogP contribution in [0.2, 0.25) is 0 Å². The van der Waals surface area contributed by atoms with Crippen LogP contribution in [0, 0.1) is 5.92 Å². The molecule has 0 aliphatic carbocycles. The molecular formula is C17H19N3. The first-order valence-electron chi connectivity index (χ1n) is 6.98. The van der Waals surface area contributed by atoms with Crippen LogP contribution in [-0.4, -0.2) is 10.2 Å². The lowest BCUT2D eigenvalue weighted by molar-refractivity contribution is 0.546. The molecule has 0 radical (unpaired) electrons. The van der Waals surface area contributed by atoms with Crippen LogP contribution in [0.4, 0.5) is 5.69 Å². The minimum atomic E-state index is 0.302. The average molecular weight is 265 g/mol. The summed E-state index contributed by atoms with van der Waals surface area (Å²) in [6.45, 7) is 4.47. The van der Waals surface area contributed by atoms with E-state index >= 15 is 0 Å². The molecule has 102 valence electrons. The van der Waals surface area contributed by atoms with Crippen molar-refractivity contribution in [3.63, 3.8) is 0 Å². The van der Waals surface area contributed by atoms with Crippen LogP contribution in [0.25, 0.3) is 10.9 Å². The van der Waals surface area contributed by atoms with Crippen molar-refractivity contribution in [2.45, 2.75) is 19.9 Å². The number of benzene rings is 2. The summed E-state index contributed by atoms with van der Waals surface area (Å²) in [5, 5.41) is 11.8. The number of nitrogens with one attached hydrogen (secondary N) is 2. The number of nitrogens with zero attached hydrogens (tertiary/aromatic N) is 1. The SMILES string of the molecule is CC(C)C(Nc1ccc2cn[nH]c2c1)c1ccccc1. The molecule has 0 spiro atoms. The minimum absolute atomic E-state index is 0.302. The molecule has 3 aromatic rings. The summed E-state index contributed by atoms with van der Waals surface area (Å²) < 4.78 is 0. The molecule has 3 heteroatoms. The Hall–Kier alpha value is -2.29. The van der Waals surface area contributed by atoms with Crippen molar-refractivity contribution in [3.05, 3.63) is 60.3 Å². The Morgan fingerprint density at radius 1 is 1.05 bits per heavy atom. The quantitative estimate of drug-likeness (QED) is 0.735. The highest BCUT2D eigenvalue weighted by atomic mass is 15.1. The van der Waals surface area contributed by atoms with Gasteiger partial charge in [0.25, 0.3) is 0 Å². The Morgan fingerprint density at radius 2 is 1.85 bits per heavy atom. The van der Waals surface area contributed by atoms with Crippen molar-refractivity contribution >= 4 is 16.6 Å². The van der Waals surface area contributed by atoms with Gasteiger partial charge in [0.05, 0.1) is 17.8 Å². The molecule has 0 fully saturated rings. The van der Waals surface area contributed by atoms with E-state index in [4.69, 9.17) is 0 Å². The summed E-state index contributed by atoms with van der Waals surface area (Å²) in [4.78, 5) is 0. The van der Waals surface area contributed by atoms with E-state index in [1.165, 1.54) is 5.56 Å². The van der Waals surface area contributed by atoms with Crippen LogP contribution in [0.1, 0.15) is 25.5 Å². The summed E-state index contributed by atoms with van der Waals surface area (Å²) in [5.74, 6) is 0.509. The topological polar surface area (TPSA) is 40.7 Å². The van der Waals surface area contributed by atoms with Crippen LogP contribution in [0.5, 0.6) is 0 Å². The Kier molecular flexibility index (Phi) is 3.42. The number of H-pyrrole nitrogens is 1. The maximum atomic E-state index is 4.06. The number of aromatic amines is 1. The molecular weight excluding hydrogens is 246 g/mol. The third-order valence-corrected chi connectivity index (χ3v) is 3.59. The molecule has 1 aromatic heterocycles.